The average Bonchev–Trinajstić information content (AvgIpc) is 3.18. The zero-order valence-electron chi connectivity index (χ0n) is 35.4. The molecular weight excluding hydrogens is 695 g/mol. The van der Waals surface area contributed by atoms with Crippen molar-refractivity contribution in [1.82, 2.24) is 5.32 Å². The predicted octanol–water partition coefficient (Wildman–Crippen LogP) is 9.50. The van der Waals surface area contributed by atoms with Crippen molar-refractivity contribution in [2.24, 2.45) is 0 Å². The number of allylic oxidation sites excluding steroid dienone is 3. The van der Waals surface area contributed by atoms with Crippen molar-refractivity contribution in [2.45, 2.75) is 249 Å². The van der Waals surface area contributed by atoms with Crippen LogP contribution in [0.2, 0.25) is 0 Å². The van der Waals surface area contributed by atoms with Gasteiger partial charge in [0.05, 0.1) is 25.4 Å². The Hall–Kier alpha value is -1.33. The lowest BCUT2D eigenvalue weighted by Gasteiger charge is -2.40. The molecule has 324 valence electrons. The number of aliphatic hydroxyl groups excluding tert-OH is 5. The van der Waals surface area contributed by atoms with Crippen molar-refractivity contribution in [1.29, 1.82) is 0 Å². The molecule has 1 aliphatic heterocycles. The van der Waals surface area contributed by atoms with E-state index in [1.807, 2.05) is 6.08 Å². The fourth-order valence-corrected chi connectivity index (χ4v) is 7.28. The van der Waals surface area contributed by atoms with Gasteiger partial charge in [0.15, 0.2) is 6.29 Å². The normalized spacial score (nSPS) is 21.5. The van der Waals surface area contributed by atoms with Gasteiger partial charge in [-0.15, -0.1) is 0 Å². The molecule has 0 aromatic heterocycles. The van der Waals surface area contributed by atoms with Gasteiger partial charge in [-0.1, -0.05) is 186 Å². The Morgan fingerprint density at radius 2 is 1.05 bits per heavy atom. The Morgan fingerprint density at radius 3 is 1.55 bits per heavy atom. The van der Waals surface area contributed by atoms with Crippen LogP contribution in [-0.2, 0) is 14.3 Å². The topological polar surface area (TPSA) is 149 Å². The van der Waals surface area contributed by atoms with Gasteiger partial charge < -0.3 is 40.3 Å². The number of aliphatic hydroxyl groups is 5. The Bertz CT molecular complexity index is 914. The number of rotatable bonds is 38. The number of amides is 1. The van der Waals surface area contributed by atoms with Crippen LogP contribution >= 0.6 is 0 Å². The van der Waals surface area contributed by atoms with Gasteiger partial charge in [-0.2, -0.15) is 0 Å². The first kappa shape index (κ1) is 51.7. The summed E-state index contributed by atoms with van der Waals surface area (Å²) >= 11 is 0. The van der Waals surface area contributed by atoms with Gasteiger partial charge in [0.25, 0.3) is 0 Å². The molecule has 55 heavy (non-hydrogen) atoms. The van der Waals surface area contributed by atoms with Crippen LogP contribution in [0.4, 0.5) is 0 Å². The molecule has 7 atom stereocenters. The third-order valence-electron chi connectivity index (χ3n) is 11.0. The molecule has 1 saturated heterocycles. The molecule has 0 aliphatic carbocycles. The standard InChI is InChI=1S/C46H87NO8/c1-3-5-7-9-11-13-15-17-18-19-20-21-22-24-26-28-30-32-34-36-42(50)47-39(38-54-46-45(53)44(52)43(51)41(37-48)55-46)40(49)35-33-31-29-27-25-23-16-14-12-10-8-6-4-2/h8,10,33,35,39-41,43-46,48-49,51-53H,3-7,9,11-32,34,36-38H2,1-2H3,(H,47,50)/b10-8-,35-33+/t39-,40+,41+,43+,44?,45?,46+/m0/s1. The van der Waals surface area contributed by atoms with Crippen molar-refractivity contribution in [3.05, 3.63) is 24.3 Å². The highest BCUT2D eigenvalue weighted by Crippen LogP contribution is 2.23. The lowest BCUT2D eigenvalue weighted by Crippen LogP contribution is -2.60. The monoisotopic (exact) mass is 782 g/mol. The Balaban J connectivity index is 2.32. The Morgan fingerprint density at radius 1 is 0.600 bits per heavy atom. The minimum absolute atomic E-state index is 0.178. The molecule has 0 saturated carbocycles. The van der Waals surface area contributed by atoms with E-state index in [2.05, 4.69) is 31.3 Å². The van der Waals surface area contributed by atoms with Crippen molar-refractivity contribution < 1.29 is 39.8 Å². The first-order chi connectivity index (χ1) is 26.8. The Kier molecular flexibility index (Phi) is 34.7. The van der Waals surface area contributed by atoms with Gasteiger partial charge in [0.1, 0.15) is 24.4 Å². The van der Waals surface area contributed by atoms with Crippen molar-refractivity contribution in [2.75, 3.05) is 13.2 Å². The van der Waals surface area contributed by atoms with Crippen LogP contribution in [0.15, 0.2) is 24.3 Å². The maximum Gasteiger partial charge on any atom is 0.220 e. The van der Waals surface area contributed by atoms with Crippen LogP contribution < -0.4 is 5.32 Å². The van der Waals surface area contributed by atoms with Gasteiger partial charge >= 0.3 is 0 Å². The zero-order valence-corrected chi connectivity index (χ0v) is 35.4. The van der Waals surface area contributed by atoms with Crippen LogP contribution in [0.25, 0.3) is 0 Å². The van der Waals surface area contributed by atoms with E-state index in [4.69, 9.17) is 9.47 Å². The number of unbranched alkanes of at least 4 members (excludes halogenated alkanes) is 26. The fraction of sp³-hybridized carbons (Fsp3) is 0.891. The molecule has 1 rings (SSSR count). The molecule has 6 N–H and O–H groups in total. The first-order valence-corrected chi connectivity index (χ1v) is 23.1. The minimum Gasteiger partial charge on any atom is -0.394 e. The maximum absolute atomic E-state index is 12.9. The summed E-state index contributed by atoms with van der Waals surface area (Å²) in [6.45, 7) is 3.72. The number of hydrogen-bond donors (Lipinski definition) is 6. The molecule has 1 fully saturated rings. The van der Waals surface area contributed by atoms with E-state index < -0.39 is 49.5 Å². The molecule has 0 radical (unpaired) electrons. The number of carbonyl (C=O) groups is 1. The molecule has 1 aliphatic rings. The second-order valence-electron chi connectivity index (χ2n) is 16.2. The quantitative estimate of drug-likeness (QED) is 0.0268. The average molecular weight is 782 g/mol. The highest BCUT2D eigenvalue weighted by molar-refractivity contribution is 5.76. The second-order valence-corrected chi connectivity index (χ2v) is 16.2. The molecule has 2 unspecified atom stereocenters. The zero-order chi connectivity index (χ0) is 40.2. The predicted molar refractivity (Wildman–Crippen MR) is 226 cm³/mol. The van der Waals surface area contributed by atoms with Crippen LogP contribution in [0, 0.1) is 0 Å². The summed E-state index contributed by atoms with van der Waals surface area (Å²) in [7, 11) is 0. The maximum atomic E-state index is 12.9. The van der Waals surface area contributed by atoms with Crippen LogP contribution in [0.3, 0.4) is 0 Å². The molecule has 1 heterocycles. The van der Waals surface area contributed by atoms with Crippen LogP contribution in [0.5, 0.6) is 0 Å². The summed E-state index contributed by atoms with van der Waals surface area (Å²) in [6, 6.07) is -0.803. The van der Waals surface area contributed by atoms with E-state index in [1.54, 1.807) is 6.08 Å². The van der Waals surface area contributed by atoms with Gasteiger partial charge in [0.2, 0.25) is 5.91 Å². The molecular formula is C46H87NO8. The minimum atomic E-state index is -1.56. The summed E-state index contributed by atoms with van der Waals surface area (Å²) in [6.07, 6.45) is 36.5. The van der Waals surface area contributed by atoms with E-state index in [0.717, 1.165) is 44.9 Å². The van der Waals surface area contributed by atoms with Gasteiger partial charge in [-0.3, -0.25) is 4.79 Å². The molecule has 9 nitrogen and oxygen atoms in total. The Labute approximate surface area is 337 Å². The smallest absolute Gasteiger partial charge is 0.220 e. The summed E-state index contributed by atoms with van der Waals surface area (Å²) in [4.78, 5) is 12.9. The molecule has 9 heteroatoms. The van der Waals surface area contributed by atoms with Gasteiger partial charge in [0, 0.05) is 6.42 Å². The molecule has 0 aromatic rings. The lowest BCUT2D eigenvalue weighted by molar-refractivity contribution is -0.302. The SMILES string of the molecule is CCC/C=C\CCCCCCCC/C=C/[C@@H](O)[C@H](CO[C@@H]1O[C@H](CO)[C@@H](O)C(O)C1O)NC(=O)CCCCCCCCCCCCCCCCCCCCC. The summed E-state index contributed by atoms with van der Waals surface area (Å²) < 4.78 is 11.2. The van der Waals surface area contributed by atoms with Crippen molar-refractivity contribution in [3.8, 4) is 0 Å². The summed E-state index contributed by atoms with van der Waals surface area (Å²) in [5, 5.41) is 54.1. The van der Waals surface area contributed by atoms with E-state index in [-0.39, 0.29) is 12.5 Å². The number of nitrogens with one attached hydrogen (secondary N) is 1. The number of ether oxygens (including phenoxy) is 2. The summed E-state index contributed by atoms with van der Waals surface area (Å²) in [5.74, 6) is -0.178. The second kappa shape index (κ2) is 37.0. The number of hydrogen-bond acceptors (Lipinski definition) is 8. The molecule has 1 amide bonds. The van der Waals surface area contributed by atoms with E-state index >= 15 is 0 Å². The lowest BCUT2D eigenvalue weighted by atomic mass is 9.99. The third kappa shape index (κ3) is 27.9. The highest BCUT2D eigenvalue weighted by Gasteiger charge is 2.44. The van der Waals surface area contributed by atoms with E-state index in [1.165, 1.54) is 141 Å². The van der Waals surface area contributed by atoms with Crippen molar-refractivity contribution in [3.63, 3.8) is 0 Å². The van der Waals surface area contributed by atoms with E-state index in [9.17, 15) is 30.3 Å². The van der Waals surface area contributed by atoms with Crippen LogP contribution in [0.1, 0.15) is 206 Å². The molecule has 0 aromatic carbocycles. The molecule has 0 bridgehead atoms. The fourth-order valence-electron chi connectivity index (χ4n) is 7.28. The third-order valence-corrected chi connectivity index (χ3v) is 11.0. The van der Waals surface area contributed by atoms with Gasteiger partial charge in [-0.25, -0.2) is 0 Å². The molecule has 0 spiro atoms. The van der Waals surface area contributed by atoms with Gasteiger partial charge in [-0.05, 0) is 38.5 Å². The van der Waals surface area contributed by atoms with E-state index in [0.29, 0.717) is 6.42 Å². The first-order valence-electron chi connectivity index (χ1n) is 23.1. The van der Waals surface area contributed by atoms with Crippen molar-refractivity contribution >= 4 is 5.91 Å². The number of carbonyl (C=O) groups excluding carboxylic acids is 1. The summed E-state index contributed by atoms with van der Waals surface area (Å²) in [5.41, 5.74) is 0. The largest absolute Gasteiger partial charge is 0.394 e. The highest BCUT2D eigenvalue weighted by atomic mass is 16.7. The van der Waals surface area contributed by atoms with Crippen LogP contribution in [-0.4, -0.2) is 87.5 Å².